The fourth-order valence-corrected chi connectivity index (χ4v) is 2.97. The quantitative estimate of drug-likeness (QED) is 0.600. The van der Waals surface area contributed by atoms with E-state index in [0.29, 0.717) is 0 Å². The Hall–Kier alpha value is -0.823. The van der Waals surface area contributed by atoms with E-state index in [0.717, 1.165) is 9.52 Å². The lowest BCUT2D eigenvalue weighted by Gasteiger charge is -1.95. The first-order valence-corrected chi connectivity index (χ1v) is 5.47. The van der Waals surface area contributed by atoms with Crippen molar-refractivity contribution in [3.05, 3.63) is 35.0 Å². The Kier molecular flexibility index (Phi) is 2.13. The van der Waals surface area contributed by atoms with Gasteiger partial charge in [0.2, 0.25) is 0 Å². The Bertz CT molecular complexity index is 313. The molecule has 1 aromatic rings. The molecule has 0 aliphatic carbocycles. The van der Waals surface area contributed by atoms with E-state index in [-0.39, 0.29) is 0 Å². The van der Waals surface area contributed by atoms with E-state index in [1.807, 2.05) is 0 Å². The van der Waals surface area contributed by atoms with E-state index in [1.54, 1.807) is 5.20 Å². The second kappa shape index (κ2) is 3.28. The van der Waals surface area contributed by atoms with Gasteiger partial charge in [0, 0.05) is 0 Å². The summed E-state index contributed by atoms with van der Waals surface area (Å²) in [4.78, 5) is 0. The molecule has 0 unspecified atom stereocenters. The first-order valence-electron chi connectivity index (χ1n) is 4.47. The van der Waals surface area contributed by atoms with Crippen LogP contribution in [-0.4, -0.2) is 9.52 Å². The predicted molar refractivity (Wildman–Crippen MR) is 54.7 cm³/mol. The molecule has 0 atom stereocenters. The Morgan fingerprint density at radius 2 is 2.08 bits per heavy atom. The van der Waals surface area contributed by atoms with Crippen LogP contribution in [-0.2, 0) is 0 Å². The summed E-state index contributed by atoms with van der Waals surface area (Å²) in [7, 11) is 0.939. The van der Waals surface area contributed by atoms with Crippen LogP contribution < -0.4 is 5.19 Å². The fraction of sp³-hybridized carbons (Fsp3) is 0.273. The Morgan fingerprint density at radius 3 is 2.83 bits per heavy atom. The van der Waals surface area contributed by atoms with Gasteiger partial charge >= 0.3 is 0 Å². The molecule has 0 nitrogen and oxygen atoms in total. The van der Waals surface area contributed by atoms with E-state index in [1.165, 1.54) is 23.6 Å². The number of hydrogen-bond acceptors (Lipinski definition) is 0. The second-order valence-electron chi connectivity index (χ2n) is 3.13. The molecule has 2 rings (SSSR count). The monoisotopic (exact) mass is 172 g/mol. The number of rotatable bonds is 2. The van der Waals surface area contributed by atoms with E-state index < -0.39 is 0 Å². The van der Waals surface area contributed by atoms with Gasteiger partial charge in [0.1, 0.15) is 9.52 Å². The molecule has 60 valence electrons. The zero-order chi connectivity index (χ0) is 8.39. The maximum absolute atomic E-state index is 2.36. The van der Waals surface area contributed by atoms with Gasteiger partial charge in [-0.1, -0.05) is 54.1 Å². The van der Waals surface area contributed by atoms with Crippen LogP contribution in [0.25, 0.3) is 6.08 Å². The molecule has 0 N–H and O–H groups in total. The van der Waals surface area contributed by atoms with Crippen molar-refractivity contribution in [2.45, 2.75) is 19.8 Å². The van der Waals surface area contributed by atoms with Gasteiger partial charge in [-0.3, -0.25) is 0 Å². The van der Waals surface area contributed by atoms with Gasteiger partial charge in [-0.25, -0.2) is 0 Å². The van der Waals surface area contributed by atoms with Crippen LogP contribution in [0.5, 0.6) is 0 Å². The first kappa shape index (κ1) is 7.81. The number of allylic oxidation sites excluding steroid dienone is 1. The summed E-state index contributed by atoms with van der Waals surface area (Å²) >= 11 is 0. The average Bonchev–Trinajstić information content (AvgIpc) is 2.47. The van der Waals surface area contributed by atoms with E-state index in [4.69, 9.17) is 0 Å². The number of benzene rings is 1. The van der Waals surface area contributed by atoms with Crippen LogP contribution in [0.15, 0.2) is 29.5 Å². The van der Waals surface area contributed by atoms with Crippen molar-refractivity contribution in [1.29, 1.82) is 0 Å². The summed E-state index contributed by atoms with van der Waals surface area (Å²) in [5.74, 6) is 0. The molecule has 2 radical (unpaired) electrons. The highest BCUT2D eigenvalue weighted by molar-refractivity contribution is 6.65. The minimum atomic E-state index is 0.939. The summed E-state index contributed by atoms with van der Waals surface area (Å²) in [5, 5.41) is 3.15. The van der Waals surface area contributed by atoms with Crippen LogP contribution in [0.1, 0.15) is 25.3 Å². The van der Waals surface area contributed by atoms with Crippen LogP contribution in [0.4, 0.5) is 0 Å². The molecule has 0 spiro atoms. The Morgan fingerprint density at radius 1 is 1.25 bits per heavy atom. The minimum Gasteiger partial charge on any atom is -0.0787 e. The standard InChI is InChI=1S/C11H12Si/c1-2-5-10-8-9-6-3-4-7-11(9)12-10/h3-4,6-8H,2,5H2,1H3. The zero-order valence-electron chi connectivity index (χ0n) is 7.30. The second-order valence-corrected chi connectivity index (χ2v) is 4.56. The lowest BCUT2D eigenvalue weighted by atomic mass is 10.2. The topological polar surface area (TPSA) is 0 Å². The van der Waals surface area contributed by atoms with Gasteiger partial charge in [0.15, 0.2) is 0 Å². The zero-order valence-corrected chi connectivity index (χ0v) is 8.30. The molecule has 1 aliphatic heterocycles. The highest BCUT2D eigenvalue weighted by Crippen LogP contribution is 2.15. The SMILES string of the molecule is CCCC1=Cc2ccccc2[Si]1. The summed E-state index contributed by atoms with van der Waals surface area (Å²) in [6.07, 6.45) is 4.90. The largest absolute Gasteiger partial charge is 0.116 e. The third kappa shape index (κ3) is 1.37. The molecule has 0 bridgehead atoms. The normalized spacial score (nSPS) is 14.2. The van der Waals surface area contributed by atoms with Crippen LogP contribution in [0.3, 0.4) is 0 Å². The maximum atomic E-state index is 2.36. The molecule has 1 heteroatoms. The van der Waals surface area contributed by atoms with E-state index in [2.05, 4.69) is 37.3 Å². The lowest BCUT2D eigenvalue weighted by Crippen LogP contribution is -2.12. The van der Waals surface area contributed by atoms with Crippen molar-refractivity contribution in [2.24, 2.45) is 0 Å². The first-order chi connectivity index (χ1) is 5.90. The summed E-state index contributed by atoms with van der Waals surface area (Å²) in [6.45, 7) is 2.24. The summed E-state index contributed by atoms with van der Waals surface area (Å²) in [6, 6.07) is 8.71. The molecular weight excluding hydrogens is 160 g/mol. The minimum absolute atomic E-state index is 0.939. The highest BCUT2D eigenvalue weighted by Gasteiger charge is 2.11. The van der Waals surface area contributed by atoms with Crippen molar-refractivity contribution in [3.63, 3.8) is 0 Å². The summed E-state index contributed by atoms with van der Waals surface area (Å²) < 4.78 is 0. The van der Waals surface area contributed by atoms with Crippen LogP contribution in [0, 0.1) is 0 Å². The third-order valence-corrected chi connectivity index (χ3v) is 3.55. The van der Waals surface area contributed by atoms with Gasteiger partial charge < -0.3 is 0 Å². The molecule has 12 heavy (non-hydrogen) atoms. The van der Waals surface area contributed by atoms with E-state index in [9.17, 15) is 0 Å². The van der Waals surface area contributed by atoms with Crippen molar-refractivity contribution < 1.29 is 0 Å². The fourth-order valence-electron chi connectivity index (χ4n) is 1.54. The molecular formula is C11H12Si. The lowest BCUT2D eigenvalue weighted by molar-refractivity contribution is 0.949. The van der Waals surface area contributed by atoms with Gasteiger partial charge in [0.05, 0.1) is 0 Å². The third-order valence-electron chi connectivity index (χ3n) is 2.11. The molecule has 0 saturated heterocycles. The molecule has 1 aromatic carbocycles. The molecule has 1 heterocycles. The smallest absolute Gasteiger partial charge is 0.0787 e. The molecule has 0 fully saturated rings. The summed E-state index contributed by atoms with van der Waals surface area (Å²) in [5.41, 5.74) is 1.44. The Balaban J connectivity index is 2.23. The van der Waals surface area contributed by atoms with Crippen LogP contribution >= 0.6 is 0 Å². The molecule has 1 aliphatic rings. The number of hydrogen-bond donors (Lipinski definition) is 0. The predicted octanol–water partition coefficient (Wildman–Crippen LogP) is 2.17. The molecule has 0 amide bonds. The van der Waals surface area contributed by atoms with Crippen LogP contribution in [0.2, 0.25) is 0 Å². The van der Waals surface area contributed by atoms with Crippen molar-refractivity contribution in [3.8, 4) is 0 Å². The molecule has 0 aromatic heterocycles. The van der Waals surface area contributed by atoms with Crippen molar-refractivity contribution in [1.82, 2.24) is 0 Å². The van der Waals surface area contributed by atoms with Gasteiger partial charge in [-0.05, 0) is 12.0 Å². The van der Waals surface area contributed by atoms with Crippen molar-refractivity contribution in [2.75, 3.05) is 0 Å². The maximum Gasteiger partial charge on any atom is 0.116 e. The van der Waals surface area contributed by atoms with Crippen molar-refractivity contribution >= 4 is 20.8 Å². The van der Waals surface area contributed by atoms with Gasteiger partial charge in [-0.2, -0.15) is 0 Å². The number of fused-ring (bicyclic) bond motifs is 1. The van der Waals surface area contributed by atoms with E-state index >= 15 is 0 Å². The average molecular weight is 172 g/mol. The Labute approximate surface area is 76.1 Å². The molecule has 0 saturated carbocycles. The van der Waals surface area contributed by atoms with Gasteiger partial charge in [0.25, 0.3) is 0 Å². The highest BCUT2D eigenvalue weighted by atomic mass is 28.2. The van der Waals surface area contributed by atoms with Gasteiger partial charge in [-0.15, -0.1) is 0 Å².